The Morgan fingerprint density at radius 2 is 1.45 bits per heavy atom. The number of hydrogen-bond acceptors (Lipinski definition) is 4. The normalized spacial score (nSPS) is 12.2. The summed E-state index contributed by atoms with van der Waals surface area (Å²) in [6.45, 7) is 9.60. The van der Waals surface area contributed by atoms with Gasteiger partial charge in [-0.3, -0.25) is 13.9 Å². The van der Waals surface area contributed by atoms with Crippen LogP contribution in [0.3, 0.4) is 0 Å². The first-order valence-corrected chi connectivity index (χ1v) is 14.2. The van der Waals surface area contributed by atoms with Crippen LogP contribution in [0.15, 0.2) is 83.8 Å². The highest BCUT2D eigenvalue weighted by Gasteiger charge is 2.33. The van der Waals surface area contributed by atoms with Crippen molar-refractivity contribution in [2.24, 2.45) is 5.92 Å². The summed E-state index contributed by atoms with van der Waals surface area (Å²) in [4.78, 5) is 28.5. The van der Waals surface area contributed by atoms with E-state index in [0.717, 1.165) is 21.0 Å². The molecular formula is C30H37N3O4S. The number of sulfonamides is 1. The van der Waals surface area contributed by atoms with Crippen LogP contribution in [0.4, 0.5) is 5.69 Å². The zero-order chi connectivity index (χ0) is 27.9. The minimum absolute atomic E-state index is 0.0889. The van der Waals surface area contributed by atoms with Crippen LogP contribution in [0.25, 0.3) is 0 Å². The van der Waals surface area contributed by atoms with Gasteiger partial charge in [0.2, 0.25) is 11.8 Å². The first-order valence-electron chi connectivity index (χ1n) is 12.8. The van der Waals surface area contributed by atoms with E-state index in [0.29, 0.717) is 12.2 Å². The highest BCUT2D eigenvalue weighted by Crippen LogP contribution is 2.29. The summed E-state index contributed by atoms with van der Waals surface area (Å²) in [5, 5.41) is 2.90. The topological polar surface area (TPSA) is 86.8 Å². The second-order valence-electron chi connectivity index (χ2n) is 9.87. The molecule has 0 saturated heterocycles. The van der Waals surface area contributed by atoms with Crippen molar-refractivity contribution in [1.29, 1.82) is 0 Å². The summed E-state index contributed by atoms with van der Waals surface area (Å²) in [6.07, 6.45) is 0. The molecule has 8 heteroatoms. The predicted octanol–water partition coefficient (Wildman–Crippen LogP) is 4.69. The van der Waals surface area contributed by atoms with Crippen LogP contribution in [0.2, 0.25) is 0 Å². The molecule has 0 heterocycles. The fourth-order valence-corrected chi connectivity index (χ4v) is 5.55. The third-order valence-corrected chi connectivity index (χ3v) is 8.28. The molecule has 0 radical (unpaired) electrons. The molecule has 0 aliphatic carbocycles. The molecule has 2 amide bonds. The Bertz CT molecular complexity index is 1340. The van der Waals surface area contributed by atoms with Crippen molar-refractivity contribution in [3.05, 3.63) is 95.6 Å². The Hall–Kier alpha value is -3.65. The summed E-state index contributed by atoms with van der Waals surface area (Å²) in [5.41, 5.74) is 2.94. The number of nitrogens with zero attached hydrogens (tertiary/aromatic N) is 2. The number of aryl methyl sites for hydroxylation is 1. The van der Waals surface area contributed by atoms with Gasteiger partial charge in [0.1, 0.15) is 12.6 Å². The van der Waals surface area contributed by atoms with Gasteiger partial charge in [-0.1, -0.05) is 74.5 Å². The molecule has 38 heavy (non-hydrogen) atoms. The maximum atomic E-state index is 13.9. The monoisotopic (exact) mass is 535 g/mol. The van der Waals surface area contributed by atoms with Crippen molar-refractivity contribution in [3.8, 4) is 0 Å². The van der Waals surface area contributed by atoms with E-state index in [1.807, 2.05) is 64.1 Å². The van der Waals surface area contributed by atoms with E-state index < -0.39 is 28.5 Å². The van der Waals surface area contributed by atoms with E-state index in [1.54, 1.807) is 37.3 Å². The molecule has 3 aromatic carbocycles. The van der Waals surface area contributed by atoms with Crippen LogP contribution >= 0.6 is 0 Å². The Morgan fingerprint density at radius 3 is 2.05 bits per heavy atom. The van der Waals surface area contributed by atoms with Gasteiger partial charge in [-0.2, -0.15) is 0 Å². The first kappa shape index (κ1) is 28.9. The Labute approximate surface area is 226 Å². The van der Waals surface area contributed by atoms with Gasteiger partial charge in [0.25, 0.3) is 10.0 Å². The predicted molar refractivity (Wildman–Crippen MR) is 151 cm³/mol. The molecule has 3 rings (SSSR count). The zero-order valence-corrected chi connectivity index (χ0v) is 23.5. The summed E-state index contributed by atoms with van der Waals surface area (Å²) in [7, 11) is -4.08. The lowest BCUT2D eigenvalue weighted by molar-refractivity contribution is -0.139. The Balaban J connectivity index is 2.03. The molecule has 0 aromatic heterocycles. The van der Waals surface area contributed by atoms with E-state index in [9.17, 15) is 18.0 Å². The molecule has 1 N–H and O–H groups in total. The lowest BCUT2D eigenvalue weighted by atomic mass is 10.1. The zero-order valence-electron chi connectivity index (χ0n) is 22.7. The lowest BCUT2D eigenvalue weighted by Gasteiger charge is -2.32. The molecule has 0 saturated carbocycles. The summed E-state index contributed by atoms with van der Waals surface area (Å²) >= 11 is 0. The fourth-order valence-electron chi connectivity index (χ4n) is 4.05. The number of amides is 2. The smallest absolute Gasteiger partial charge is 0.264 e. The number of hydrogen-bond donors (Lipinski definition) is 1. The molecule has 0 spiro atoms. The third-order valence-electron chi connectivity index (χ3n) is 6.50. The third kappa shape index (κ3) is 7.01. The summed E-state index contributed by atoms with van der Waals surface area (Å²) in [6, 6.07) is 22.0. The molecule has 7 nitrogen and oxygen atoms in total. The van der Waals surface area contributed by atoms with Gasteiger partial charge in [-0.25, -0.2) is 8.42 Å². The Kier molecular flexibility index (Phi) is 9.69. The van der Waals surface area contributed by atoms with Crippen molar-refractivity contribution >= 4 is 27.5 Å². The maximum absolute atomic E-state index is 13.9. The molecule has 0 bridgehead atoms. The van der Waals surface area contributed by atoms with Crippen molar-refractivity contribution in [2.45, 2.75) is 52.1 Å². The second-order valence-corrected chi connectivity index (χ2v) is 11.7. The molecule has 0 fully saturated rings. The van der Waals surface area contributed by atoms with Crippen molar-refractivity contribution in [1.82, 2.24) is 10.2 Å². The van der Waals surface area contributed by atoms with E-state index in [2.05, 4.69) is 5.32 Å². The number of carbonyl (C=O) groups excluding carboxylic acids is 2. The highest BCUT2D eigenvalue weighted by atomic mass is 32.2. The van der Waals surface area contributed by atoms with E-state index in [4.69, 9.17) is 0 Å². The van der Waals surface area contributed by atoms with E-state index in [-0.39, 0.29) is 23.3 Å². The largest absolute Gasteiger partial charge is 0.354 e. The molecule has 3 aromatic rings. The van der Waals surface area contributed by atoms with Gasteiger partial charge in [-0.05, 0) is 61.6 Å². The van der Waals surface area contributed by atoms with Gasteiger partial charge in [0.05, 0.1) is 10.6 Å². The fraction of sp³-hybridized carbons (Fsp3) is 0.333. The average Bonchev–Trinajstić information content (AvgIpc) is 2.91. The van der Waals surface area contributed by atoms with Crippen LogP contribution in [-0.4, -0.2) is 44.3 Å². The number of carbonyl (C=O) groups is 2. The van der Waals surface area contributed by atoms with Crippen molar-refractivity contribution < 1.29 is 18.0 Å². The number of nitrogens with one attached hydrogen (secondary N) is 1. The quantitative estimate of drug-likeness (QED) is 0.386. The van der Waals surface area contributed by atoms with Crippen molar-refractivity contribution in [2.75, 3.05) is 17.4 Å². The molecule has 202 valence electrons. The van der Waals surface area contributed by atoms with Crippen LogP contribution < -0.4 is 9.62 Å². The maximum Gasteiger partial charge on any atom is 0.264 e. The molecule has 1 atom stereocenters. The Morgan fingerprint density at radius 1 is 0.842 bits per heavy atom. The van der Waals surface area contributed by atoms with Crippen LogP contribution in [0.5, 0.6) is 0 Å². The van der Waals surface area contributed by atoms with Crippen LogP contribution in [0, 0.1) is 19.8 Å². The molecule has 0 aliphatic rings. The minimum Gasteiger partial charge on any atom is -0.354 e. The van der Waals surface area contributed by atoms with Crippen LogP contribution in [-0.2, 0) is 26.2 Å². The average molecular weight is 536 g/mol. The van der Waals surface area contributed by atoms with Gasteiger partial charge in [0, 0.05) is 13.1 Å². The first-order chi connectivity index (χ1) is 18.0. The van der Waals surface area contributed by atoms with Gasteiger partial charge in [-0.15, -0.1) is 0 Å². The second kappa shape index (κ2) is 12.7. The summed E-state index contributed by atoms with van der Waals surface area (Å²) < 4.78 is 28.9. The number of anilines is 1. The van der Waals surface area contributed by atoms with Crippen LogP contribution in [0.1, 0.15) is 37.5 Å². The van der Waals surface area contributed by atoms with Crippen molar-refractivity contribution in [3.63, 3.8) is 0 Å². The number of benzene rings is 3. The SMILES string of the molecule is Cc1cccc(N(CC(=O)N(Cc2ccccc2)C(C)C(=O)NCC(C)C)S(=O)(=O)c2ccccc2)c1C. The van der Waals surface area contributed by atoms with E-state index >= 15 is 0 Å². The molecular weight excluding hydrogens is 498 g/mol. The van der Waals surface area contributed by atoms with Gasteiger partial charge < -0.3 is 10.2 Å². The molecule has 0 aliphatic heterocycles. The highest BCUT2D eigenvalue weighted by molar-refractivity contribution is 7.92. The summed E-state index contributed by atoms with van der Waals surface area (Å²) in [5.74, 6) is -0.506. The van der Waals surface area contributed by atoms with E-state index in [1.165, 1.54) is 17.0 Å². The van der Waals surface area contributed by atoms with Gasteiger partial charge >= 0.3 is 0 Å². The minimum atomic E-state index is -4.08. The molecule has 1 unspecified atom stereocenters. The lowest BCUT2D eigenvalue weighted by Crippen LogP contribution is -2.51. The number of rotatable bonds is 11. The van der Waals surface area contributed by atoms with Gasteiger partial charge in [0.15, 0.2) is 0 Å². The standard InChI is InChI=1S/C30H37N3O4S/c1-22(2)19-31-30(35)25(5)32(20-26-14-8-6-9-15-26)29(34)21-33(28-18-12-13-23(3)24(28)4)38(36,37)27-16-10-7-11-17-27/h6-18,22,25H,19-21H2,1-5H3,(H,31,35).